The summed E-state index contributed by atoms with van der Waals surface area (Å²) in [5.74, 6) is -0.0625. The molecule has 4 heteroatoms. The third-order valence-corrected chi connectivity index (χ3v) is 3.26. The van der Waals surface area contributed by atoms with Gasteiger partial charge in [-0.3, -0.25) is 4.79 Å². The Morgan fingerprint density at radius 2 is 1.69 bits per heavy atom. The summed E-state index contributed by atoms with van der Waals surface area (Å²) >= 11 is 0. The third-order valence-electron chi connectivity index (χ3n) is 3.26. The van der Waals surface area contributed by atoms with Gasteiger partial charge in [0.1, 0.15) is 0 Å². The number of carbonyl (C=O) groups excluding carboxylic acids is 1. The minimum atomic E-state index is -0.125. The van der Waals surface area contributed by atoms with Crippen LogP contribution in [0.1, 0.15) is 13.8 Å². The Hall–Kier alpha value is -2.55. The monoisotopic (exact) mass is 523 g/mol. The number of benzene rings is 2. The number of aliphatic hydroxyl groups excluding tert-OH is 1. The summed E-state index contributed by atoms with van der Waals surface area (Å²) < 4.78 is 0. The zero-order valence-electron chi connectivity index (χ0n) is 14.6. The second-order valence-corrected chi connectivity index (χ2v) is 5.47. The molecule has 3 rings (SSSR count). The standard InChI is InChI=1S/C17H12N.C5H8O2.Ir/c1-3-7-14(8-4-1)16-11-12-18-17(13-16)15-9-5-2-6-10-15;1-4(6)3-5(2)7;/h1-9,11-13H;3,6H,1-2H3;/q-1;;. The zero-order chi connectivity index (χ0) is 18.1. The van der Waals surface area contributed by atoms with E-state index in [2.05, 4.69) is 29.2 Å². The van der Waals surface area contributed by atoms with Gasteiger partial charge in [-0.15, -0.1) is 35.9 Å². The summed E-state index contributed by atoms with van der Waals surface area (Å²) in [5, 5.41) is 8.36. The predicted octanol–water partition coefficient (Wildman–Crippen LogP) is 5.25. The molecule has 1 heterocycles. The van der Waals surface area contributed by atoms with Crippen LogP contribution in [0.2, 0.25) is 0 Å². The Labute approximate surface area is 167 Å². The number of nitrogens with zero attached hydrogens (tertiary/aromatic N) is 1. The number of aromatic nitrogens is 1. The van der Waals surface area contributed by atoms with Gasteiger partial charge in [0.2, 0.25) is 0 Å². The van der Waals surface area contributed by atoms with Gasteiger partial charge in [-0.25, -0.2) is 0 Å². The molecular formula is C22H20IrNO2-. The van der Waals surface area contributed by atoms with E-state index in [9.17, 15) is 4.79 Å². The molecule has 0 fully saturated rings. The van der Waals surface area contributed by atoms with Crippen LogP contribution in [0.3, 0.4) is 0 Å². The topological polar surface area (TPSA) is 50.2 Å². The average Bonchev–Trinajstić information content (AvgIpc) is 2.63. The summed E-state index contributed by atoms with van der Waals surface area (Å²) in [6.07, 6.45) is 3.01. The van der Waals surface area contributed by atoms with E-state index >= 15 is 0 Å². The number of hydrogen-bond donors (Lipinski definition) is 1. The van der Waals surface area contributed by atoms with Crippen molar-refractivity contribution in [2.45, 2.75) is 13.8 Å². The van der Waals surface area contributed by atoms with Crippen molar-refractivity contribution >= 4 is 5.78 Å². The quantitative estimate of drug-likeness (QED) is 0.290. The van der Waals surface area contributed by atoms with Gasteiger partial charge in [0.05, 0.1) is 5.76 Å². The molecule has 1 aromatic heterocycles. The second-order valence-electron chi connectivity index (χ2n) is 5.47. The Morgan fingerprint density at radius 3 is 2.23 bits per heavy atom. The molecular weight excluding hydrogens is 502 g/mol. The van der Waals surface area contributed by atoms with Crippen LogP contribution in [0.25, 0.3) is 22.4 Å². The third kappa shape index (κ3) is 7.14. The molecule has 0 amide bonds. The fraction of sp³-hybridized carbons (Fsp3) is 0.0909. The van der Waals surface area contributed by atoms with Crippen LogP contribution in [0.15, 0.2) is 84.8 Å². The first-order valence-electron chi connectivity index (χ1n) is 7.92. The largest absolute Gasteiger partial charge is 0.512 e. The number of aliphatic hydroxyl groups is 1. The van der Waals surface area contributed by atoms with Crippen molar-refractivity contribution in [3.8, 4) is 22.4 Å². The summed E-state index contributed by atoms with van der Waals surface area (Å²) in [7, 11) is 0. The van der Waals surface area contributed by atoms with Gasteiger partial charge in [0.25, 0.3) is 0 Å². The number of pyridine rings is 1. The minimum absolute atomic E-state index is 0. The Morgan fingerprint density at radius 1 is 1.00 bits per heavy atom. The van der Waals surface area contributed by atoms with E-state index < -0.39 is 0 Å². The van der Waals surface area contributed by atoms with Crippen molar-refractivity contribution in [2.75, 3.05) is 0 Å². The van der Waals surface area contributed by atoms with E-state index in [0.29, 0.717) is 0 Å². The molecule has 0 aliphatic carbocycles. The van der Waals surface area contributed by atoms with Crippen molar-refractivity contribution in [3.05, 3.63) is 90.8 Å². The molecule has 2 aromatic carbocycles. The maximum Gasteiger partial charge on any atom is 0.155 e. The second kappa shape index (κ2) is 11.1. The average molecular weight is 523 g/mol. The van der Waals surface area contributed by atoms with Crippen molar-refractivity contribution in [1.82, 2.24) is 4.98 Å². The van der Waals surface area contributed by atoms with Crippen molar-refractivity contribution in [1.29, 1.82) is 0 Å². The number of carbonyl (C=O) groups is 1. The maximum atomic E-state index is 10.0. The van der Waals surface area contributed by atoms with Crippen molar-refractivity contribution in [2.24, 2.45) is 0 Å². The van der Waals surface area contributed by atoms with Gasteiger partial charge >= 0.3 is 0 Å². The van der Waals surface area contributed by atoms with Crippen LogP contribution in [-0.2, 0) is 24.9 Å². The molecule has 0 bridgehead atoms. The molecule has 0 aliphatic heterocycles. The molecule has 0 saturated carbocycles. The van der Waals surface area contributed by atoms with Gasteiger partial charge in [-0.05, 0) is 36.7 Å². The number of rotatable bonds is 3. The van der Waals surface area contributed by atoms with E-state index in [-0.39, 0.29) is 31.6 Å². The molecule has 3 nitrogen and oxygen atoms in total. The van der Waals surface area contributed by atoms with Gasteiger partial charge in [0.15, 0.2) is 5.78 Å². The Kier molecular flexibility index (Phi) is 9.21. The fourth-order valence-corrected chi connectivity index (χ4v) is 2.23. The molecule has 135 valence electrons. The van der Waals surface area contributed by atoms with Gasteiger partial charge in [-0.2, -0.15) is 0 Å². The molecule has 0 atom stereocenters. The van der Waals surface area contributed by atoms with Crippen LogP contribution >= 0.6 is 0 Å². The molecule has 0 aliphatic rings. The summed E-state index contributed by atoms with van der Waals surface area (Å²) in [4.78, 5) is 14.4. The predicted molar refractivity (Wildman–Crippen MR) is 101 cm³/mol. The maximum absolute atomic E-state index is 10.0. The Balaban J connectivity index is 0.000000366. The smallest absolute Gasteiger partial charge is 0.155 e. The van der Waals surface area contributed by atoms with E-state index in [4.69, 9.17) is 5.11 Å². The van der Waals surface area contributed by atoms with Crippen molar-refractivity contribution < 1.29 is 30.0 Å². The molecule has 1 radical (unpaired) electrons. The van der Waals surface area contributed by atoms with Gasteiger partial charge in [-0.1, -0.05) is 36.4 Å². The molecule has 0 unspecified atom stereocenters. The van der Waals surface area contributed by atoms with Crippen LogP contribution < -0.4 is 0 Å². The van der Waals surface area contributed by atoms with Crippen molar-refractivity contribution in [3.63, 3.8) is 0 Å². The Bertz CT molecular complexity index is 788. The summed E-state index contributed by atoms with van der Waals surface area (Å²) in [6.45, 7) is 2.85. The molecule has 26 heavy (non-hydrogen) atoms. The number of allylic oxidation sites excluding steroid dienone is 2. The molecule has 3 aromatic rings. The van der Waals surface area contributed by atoms with Crippen LogP contribution in [-0.4, -0.2) is 15.9 Å². The fourth-order valence-electron chi connectivity index (χ4n) is 2.23. The molecule has 1 N–H and O–H groups in total. The van der Waals surface area contributed by atoms with Crippen LogP contribution in [0.4, 0.5) is 0 Å². The van der Waals surface area contributed by atoms with E-state index in [0.717, 1.165) is 11.3 Å². The minimum Gasteiger partial charge on any atom is -0.512 e. The first-order chi connectivity index (χ1) is 12.1. The number of ketones is 1. The normalized spacial score (nSPS) is 10.2. The SMILES string of the molecule is CC(=O)C=C(C)O.[Ir].[c-]1ccccc1-c1cc(-c2ccccc2)ccn1. The molecule has 0 spiro atoms. The van der Waals surface area contributed by atoms with E-state index in [1.165, 1.54) is 31.1 Å². The number of hydrogen-bond acceptors (Lipinski definition) is 3. The first-order valence-corrected chi connectivity index (χ1v) is 7.92. The van der Waals surface area contributed by atoms with Gasteiger partial charge < -0.3 is 10.1 Å². The summed E-state index contributed by atoms with van der Waals surface area (Å²) in [6, 6.07) is 25.6. The summed E-state index contributed by atoms with van der Waals surface area (Å²) in [5.41, 5.74) is 4.36. The first kappa shape index (κ1) is 21.5. The van der Waals surface area contributed by atoms with Crippen LogP contribution in [0, 0.1) is 6.07 Å². The van der Waals surface area contributed by atoms with Gasteiger partial charge in [0, 0.05) is 32.4 Å². The molecule has 0 saturated heterocycles. The zero-order valence-corrected chi connectivity index (χ0v) is 17.0. The van der Waals surface area contributed by atoms with Crippen LogP contribution in [0.5, 0.6) is 0 Å². The van der Waals surface area contributed by atoms with E-state index in [1.807, 2.05) is 54.7 Å². The van der Waals surface area contributed by atoms with E-state index in [1.54, 1.807) is 0 Å².